The van der Waals surface area contributed by atoms with Gasteiger partial charge in [-0.2, -0.15) is 4.98 Å². The number of methoxy groups -OCH3 is 1. The number of nitrogens with zero attached hydrogens (tertiary/aromatic N) is 2. The lowest BCUT2D eigenvalue weighted by atomic mass is 10.2. The Kier molecular flexibility index (Phi) is 5.37. The average Bonchev–Trinajstić information content (AvgIpc) is 2.51. The number of hydrogen-bond donors (Lipinski definition) is 1. The van der Waals surface area contributed by atoms with E-state index in [2.05, 4.69) is 22.2 Å². The van der Waals surface area contributed by atoms with Crippen molar-refractivity contribution in [3.8, 4) is 11.6 Å². The minimum Gasteiger partial charge on any atom is -0.497 e. The molecule has 0 amide bonds. The predicted molar refractivity (Wildman–Crippen MR) is 82.9 cm³/mol. The molecule has 2 aromatic rings. The summed E-state index contributed by atoms with van der Waals surface area (Å²) in [6.07, 6.45) is 1.05. The molecule has 0 aliphatic heterocycles. The molecule has 0 aliphatic carbocycles. The van der Waals surface area contributed by atoms with Crippen molar-refractivity contribution >= 4 is 5.82 Å². The third-order valence-electron chi connectivity index (χ3n) is 2.92. The molecule has 0 saturated heterocycles. The van der Waals surface area contributed by atoms with Crippen LogP contribution in [-0.2, 0) is 6.61 Å². The third kappa shape index (κ3) is 4.63. The van der Waals surface area contributed by atoms with E-state index in [0.29, 0.717) is 18.3 Å². The number of aryl methyl sites for hydroxylation is 1. The summed E-state index contributed by atoms with van der Waals surface area (Å²) in [5.41, 5.74) is 1.06. The molecule has 5 heteroatoms. The van der Waals surface area contributed by atoms with Crippen molar-refractivity contribution in [3.05, 3.63) is 41.7 Å². The van der Waals surface area contributed by atoms with Crippen molar-refractivity contribution in [2.45, 2.75) is 26.9 Å². The van der Waals surface area contributed by atoms with Crippen LogP contribution in [0.25, 0.3) is 0 Å². The lowest BCUT2D eigenvalue weighted by Crippen LogP contribution is -2.05. The standard InChI is InChI=1S/C16H21N3O2/c1-4-9-17-15-10-16(19-12(2)18-15)21-11-13-5-7-14(20-3)8-6-13/h5-8,10H,4,9,11H2,1-3H3,(H,17,18,19). The van der Waals surface area contributed by atoms with E-state index in [4.69, 9.17) is 9.47 Å². The Bertz CT molecular complexity index is 570. The fourth-order valence-corrected chi connectivity index (χ4v) is 1.84. The Labute approximate surface area is 125 Å². The van der Waals surface area contributed by atoms with Crippen LogP contribution < -0.4 is 14.8 Å². The second-order valence-electron chi connectivity index (χ2n) is 4.70. The van der Waals surface area contributed by atoms with Gasteiger partial charge < -0.3 is 14.8 Å². The Balaban J connectivity index is 1.99. The Morgan fingerprint density at radius 1 is 1.14 bits per heavy atom. The van der Waals surface area contributed by atoms with Crippen LogP contribution in [-0.4, -0.2) is 23.6 Å². The summed E-state index contributed by atoms with van der Waals surface area (Å²) in [6, 6.07) is 9.61. The van der Waals surface area contributed by atoms with Crippen molar-refractivity contribution in [2.24, 2.45) is 0 Å². The molecule has 0 fully saturated rings. The summed E-state index contributed by atoms with van der Waals surface area (Å²) < 4.78 is 10.9. The largest absolute Gasteiger partial charge is 0.497 e. The van der Waals surface area contributed by atoms with Crippen molar-refractivity contribution in [1.82, 2.24) is 9.97 Å². The molecule has 1 heterocycles. The van der Waals surface area contributed by atoms with E-state index in [1.807, 2.05) is 37.3 Å². The van der Waals surface area contributed by atoms with Crippen LogP contribution >= 0.6 is 0 Å². The summed E-state index contributed by atoms with van der Waals surface area (Å²) in [5, 5.41) is 3.24. The van der Waals surface area contributed by atoms with E-state index >= 15 is 0 Å². The second-order valence-corrected chi connectivity index (χ2v) is 4.70. The van der Waals surface area contributed by atoms with Crippen molar-refractivity contribution in [2.75, 3.05) is 19.0 Å². The molecule has 1 aromatic heterocycles. The summed E-state index contributed by atoms with van der Waals surface area (Å²) in [4.78, 5) is 8.62. The quantitative estimate of drug-likeness (QED) is 0.847. The van der Waals surface area contributed by atoms with Crippen LogP contribution in [0.2, 0.25) is 0 Å². The van der Waals surface area contributed by atoms with E-state index in [1.165, 1.54) is 0 Å². The van der Waals surface area contributed by atoms with Gasteiger partial charge in [0.2, 0.25) is 5.88 Å². The highest BCUT2D eigenvalue weighted by Gasteiger charge is 2.03. The minimum atomic E-state index is 0.466. The molecule has 1 aromatic carbocycles. The van der Waals surface area contributed by atoms with Crippen LogP contribution in [0.5, 0.6) is 11.6 Å². The first-order valence-corrected chi connectivity index (χ1v) is 7.06. The minimum absolute atomic E-state index is 0.466. The zero-order valence-corrected chi connectivity index (χ0v) is 12.7. The van der Waals surface area contributed by atoms with E-state index in [9.17, 15) is 0 Å². The molecule has 1 N–H and O–H groups in total. The number of anilines is 1. The molecule has 5 nitrogen and oxygen atoms in total. The third-order valence-corrected chi connectivity index (χ3v) is 2.92. The van der Waals surface area contributed by atoms with Gasteiger partial charge in [-0.05, 0) is 31.0 Å². The number of benzene rings is 1. The Morgan fingerprint density at radius 2 is 1.90 bits per heavy atom. The number of aromatic nitrogens is 2. The number of ether oxygens (including phenoxy) is 2. The van der Waals surface area contributed by atoms with Gasteiger partial charge in [-0.1, -0.05) is 19.1 Å². The molecule has 0 aliphatic rings. The van der Waals surface area contributed by atoms with Gasteiger partial charge in [0, 0.05) is 12.6 Å². The van der Waals surface area contributed by atoms with Gasteiger partial charge in [0.15, 0.2) is 0 Å². The highest BCUT2D eigenvalue weighted by molar-refractivity contribution is 5.38. The van der Waals surface area contributed by atoms with Gasteiger partial charge in [0.1, 0.15) is 24.0 Å². The molecule has 0 bridgehead atoms. The SMILES string of the molecule is CCCNc1cc(OCc2ccc(OC)cc2)nc(C)n1. The van der Waals surface area contributed by atoms with Crippen molar-refractivity contribution < 1.29 is 9.47 Å². The van der Waals surface area contributed by atoms with E-state index in [1.54, 1.807) is 7.11 Å². The lowest BCUT2D eigenvalue weighted by molar-refractivity contribution is 0.292. The summed E-state index contributed by atoms with van der Waals surface area (Å²) >= 11 is 0. The molecule has 0 unspecified atom stereocenters. The van der Waals surface area contributed by atoms with E-state index in [-0.39, 0.29) is 0 Å². The molecule has 0 spiro atoms. The zero-order chi connectivity index (χ0) is 15.1. The van der Waals surface area contributed by atoms with Crippen molar-refractivity contribution in [1.29, 1.82) is 0 Å². The predicted octanol–water partition coefficient (Wildman–Crippen LogP) is 3.19. The monoisotopic (exact) mass is 287 g/mol. The van der Waals surface area contributed by atoms with Gasteiger partial charge in [-0.3, -0.25) is 0 Å². The first-order chi connectivity index (χ1) is 10.2. The molecule has 0 radical (unpaired) electrons. The lowest BCUT2D eigenvalue weighted by Gasteiger charge is -2.09. The van der Waals surface area contributed by atoms with E-state index in [0.717, 1.165) is 30.1 Å². The summed E-state index contributed by atoms with van der Waals surface area (Å²) in [7, 11) is 1.65. The maximum absolute atomic E-state index is 5.74. The highest BCUT2D eigenvalue weighted by Crippen LogP contribution is 2.16. The maximum Gasteiger partial charge on any atom is 0.219 e. The van der Waals surface area contributed by atoms with Gasteiger partial charge in [-0.15, -0.1) is 0 Å². The van der Waals surface area contributed by atoms with Crippen LogP contribution in [0.3, 0.4) is 0 Å². The molecule has 0 saturated carbocycles. The Morgan fingerprint density at radius 3 is 2.57 bits per heavy atom. The molecule has 21 heavy (non-hydrogen) atoms. The maximum atomic E-state index is 5.74. The van der Waals surface area contributed by atoms with Crippen molar-refractivity contribution in [3.63, 3.8) is 0 Å². The number of rotatable bonds is 7. The molecule has 2 rings (SSSR count). The van der Waals surface area contributed by atoms with Crippen LogP contribution in [0, 0.1) is 6.92 Å². The number of hydrogen-bond acceptors (Lipinski definition) is 5. The van der Waals surface area contributed by atoms with E-state index < -0.39 is 0 Å². The molecular formula is C16H21N3O2. The smallest absolute Gasteiger partial charge is 0.219 e. The zero-order valence-electron chi connectivity index (χ0n) is 12.7. The second kappa shape index (κ2) is 7.47. The first kappa shape index (κ1) is 15.1. The summed E-state index contributed by atoms with van der Waals surface area (Å²) in [6.45, 7) is 5.32. The first-order valence-electron chi connectivity index (χ1n) is 7.06. The van der Waals surface area contributed by atoms with Crippen LogP contribution in [0.15, 0.2) is 30.3 Å². The average molecular weight is 287 g/mol. The molecule has 0 atom stereocenters. The topological polar surface area (TPSA) is 56.3 Å². The molecule has 112 valence electrons. The van der Waals surface area contributed by atoms with Gasteiger partial charge in [-0.25, -0.2) is 4.98 Å². The fourth-order valence-electron chi connectivity index (χ4n) is 1.84. The normalized spacial score (nSPS) is 10.2. The molecular weight excluding hydrogens is 266 g/mol. The van der Waals surface area contributed by atoms with Crippen LogP contribution in [0.1, 0.15) is 24.7 Å². The number of nitrogens with one attached hydrogen (secondary N) is 1. The fraction of sp³-hybridized carbons (Fsp3) is 0.375. The van der Waals surface area contributed by atoms with Gasteiger partial charge in [0.25, 0.3) is 0 Å². The van der Waals surface area contributed by atoms with Gasteiger partial charge >= 0.3 is 0 Å². The Hall–Kier alpha value is -2.30. The van der Waals surface area contributed by atoms with Crippen LogP contribution in [0.4, 0.5) is 5.82 Å². The van der Waals surface area contributed by atoms with Gasteiger partial charge in [0.05, 0.1) is 7.11 Å². The summed E-state index contributed by atoms with van der Waals surface area (Å²) in [5.74, 6) is 2.91. The highest BCUT2D eigenvalue weighted by atomic mass is 16.5.